The minimum Gasteiger partial charge on any atom is -0.457 e. The number of nitrogens with one attached hydrogen (secondary N) is 1. The molecule has 0 saturated heterocycles. The van der Waals surface area contributed by atoms with E-state index in [-0.39, 0.29) is 66.7 Å². The van der Waals surface area contributed by atoms with E-state index in [1.807, 2.05) is 20.8 Å². The summed E-state index contributed by atoms with van der Waals surface area (Å²) in [5.41, 5.74) is 0.809. The number of carbonyl (C=O) groups is 4. The Labute approximate surface area is 222 Å². The number of amides is 2. The molecule has 0 saturated carbocycles. The summed E-state index contributed by atoms with van der Waals surface area (Å²) in [4.78, 5) is 56.3. The Morgan fingerprint density at radius 2 is 1.95 bits per heavy atom. The number of ketones is 1. The number of cyclic esters (lactones) is 1. The number of esters is 1. The van der Waals surface area contributed by atoms with Crippen molar-refractivity contribution in [1.29, 1.82) is 0 Å². The molecule has 2 N–H and O–H groups in total. The predicted molar refractivity (Wildman–Crippen MR) is 139 cm³/mol. The highest BCUT2D eigenvalue weighted by atomic mass is 16.5. The number of aliphatic hydroxyl groups is 1. The van der Waals surface area contributed by atoms with E-state index in [9.17, 15) is 24.3 Å². The lowest BCUT2D eigenvalue weighted by Crippen LogP contribution is -2.36. The van der Waals surface area contributed by atoms with E-state index < -0.39 is 24.1 Å². The monoisotopic (exact) mass is 525 g/mol. The minimum absolute atomic E-state index is 0.0315. The van der Waals surface area contributed by atoms with Gasteiger partial charge in [-0.3, -0.25) is 14.4 Å². The number of oxazole rings is 1. The average molecular weight is 526 g/mol. The van der Waals surface area contributed by atoms with Crippen molar-refractivity contribution < 1.29 is 33.4 Å². The number of carbonyl (C=O) groups excluding carboxylic acids is 4. The van der Waals surface area contributed by atoms with Crippen LogP contribution >= 0.6 is 0 Å². The second-order valence-corrected chi connectivity index (χ2v) is 9.84. The fourth-order valence-corrected chi connectivity index (χ4v) is 4.33. The molecule has 1 aromatic rings. The van der Waals surface area contributed by atoms with Gasteiger partial charge in [0.1, 0.15) is 23.8 Å². The molecular formula is C28H35N3O7. The minimum atomic E-state index is -1.01. The van der Waals surface area contributed by atoms with E-state index in [1.165, 1.54) is 11.0 Å². The molecule has 0 spiro atoms. The van der Waals surface area contributed by atoms with Gasteiger partial charge in [0.15, 0.2) is 5.69 Å². The standard InChI is InChI=1S/C28H35N3O7/c1-17(2)26-19(4)9-10-24(34)29-11-5-7-18(3)13-20(32)14-21(33)15-25-30-22(16-37-25)27(35)31-12-6-8-23(31)28(36)38-26/h5,7-10,13,16-17,19-20,26,32H,6,11-12,14-15H2,1-4H3,(H,29,34)/b7-5+,10-9+,18-13-/t19-,20+,26+/m0/s1. The molecule has 2 aliphatic rings. The van der Waals surface area contributed by atoms with Gasteiger partial charge in [-0.15, -0.1) is 0 Å². The maximum absolute atomic E-state index is 13.1. The maximum atomic E-state index is 13.1. The van der Waals surface area contributed by atoms with Crippen molar-refractivity contribution in [3.05, 3.63) is 65.6 Å². The number of aliphatic hydroxyl groups excluding tert-OH is 1. The number of aromatic nitrogens is 1. The van der Waals surface area contributed by atoms with Crippen molar-refractivity contribution in [1.82, 2.24) is 15.2 Å². The van der Waals surface area contributed by atoms with Crippen LogP contribution in [0.5, 0.6) is 0 Å². The number of fused-ring (bicyclic) bond motifs is 3. The van der Waals surface area contributed by atoms with E-state index in [0.717, 1.165) is 11.8 Å². The summed E-state index contributed by atoms with van der Waals surface area (Å²) in [7, 11) is 0. The van der Waals surface area contributed by atoms with Crippen LogP contribution in [0.2, 0.25) is 0 Å². The van der Waals surface area contributed by atoms with Crippen molar-refractivity contribution in [3.8, 4) is 0 Å². The first-order valence-electron chi connectivity index (χ1n) is 12.7. The van der Waals surface area contributed by atoms with Gasteiger partial charge in [0, 0.05) is 25.4 Å². The Balaban J connectivity index is 1.86. The largest absolute Gasteiger partial charge is 0.457 e. The first-order chi connectivity index (χ1) is 18.0. The van der Waals surface area contributed by atoms with Gasteiger partial charge in [0.05, 0.1) is 12.5 Å². The Hall–Kier alpha value is -3.79. The highest BCUT2D eigenvalue weighted by Gasteiger charge is 2.33. The van der Waals surface area contributed by atoms with Gasteiger partial charge in [-0.1, -0.05) is 56.7 Å². The van der Waals surface area contributed by atoms with Gasteiger partial charge in [-0.2, -0.15) is 0 Å². The highest BCUT2D eigenvalue weighted by Crippen LogP contribution is 2.24. The predicted octanol–water partition coefficient (Wildman–Crippen LogP) is 2.66. The number of Topliss-reactive ketones (excluding diaryl/α,β-unsaturated/α-hetero) is 1. The van der Waals surface area contributed by atoms with Gasteiger partial charge in [-0.25, -0.2) is 9.78 Å². The molecule has 0 aliphatic carbocycles. The van der Waals surface area contributed by atoms with Crippen LogP contribution in [-0.4, -0.2) is 63.9 Å². The molecule has 0 unspecified atom stereocenters. The van der Waals surface area contributed by atoms with Crippen LogP contribution < -0.4 is 5.32 Å². The van der Waals surface area contributed by atoms with E-state index in [0.29, 0.717) is 6.42 Å². The topological polar surface area (TPSA) is 139 Å². The fraction of sp³-hybridized carbons (Fsp3) is 0.464. The second-order valence-electron chi connectivity index (χ2n) is 9.84. The maximum Gasteiger partial charge on any atom is 0.355 e. The van der Waals surface area contributed by atoms with Gasteiger partial charge in [0.2, 0.25) is 11.8 Å². The van der Waals surface area contributed by atoms with E-state index in [4.69, 9.17) is 9.15 Å². The molecular weight excluding hydrogens is 490 g/mol. The summed E-state index contributed by atoms with van der Waals surface area (Å²) < 4.78 is 11.1. The van der Waals surface area contributed by atoms with Gasteiger partial charge in [-0.05, 0) is 25.3 Å². The molecule has 3 rings (SSSR count). The third kappa shape index (κ3) is 7.85. The highest BCUT2D eigenvalue weighted by molar-refractivity contribution is 6.00. The second kappa shape index (κ2) is 13.1. The van der Waals surface area contributed by atoms with Crippen molar-refractivity contribution >= 4 is 23.6 Å². The van der Waals surface area contributed by atoms with Crippen LogP contribution in [0.3, 0.4) is 0 Å². The summed E-state index contributed by atoms with van der Waals surface area (Å²) in [5.74, 6) is -2.07. The lowest BCUT2D eigenvalue weighted by molar-refractivity contribution is -0.149. The molecule has 204 valence electrons. The summed E-state index contributed by atoms with van der Waals surface area (Å²) in [6, 6.07) is 0. The summed E-state index contributed by atoms with van der Waals surface area (Å²) in [6.07, 6.45) is 9.48. The number of nitrogens with zero attached hydrogens (tertiary/aromatic N) is 2. The first kappa shape index (κ1) is 28.8. The molecule has 0 radical (unpaired) electrons. The van der Waals surface area contributed by atoms with Crippen molar-refractivity contribution in [2.45, 2.75) is 59.2 Å². The van der Waals surface area contributed by atoms with Crippen molar-refractivity contribution in [2.75, 3.05) is 13.1 Å². The molecule has 3 atom stereocenters. The molecule has 3 heterocycles. The van der Waals surface area contributed by atoms with E-state index >= 15 is 0 Å². The Morgan fingerprint density at radius 1 is 1.18 bits per heavy atom. The number of hydrogen-bond donors (Lipinski definition) is 2. The number of hydrogen-bond acceptors (Lipinski definition) is 8. The van der Waals surface area contributed by atoms with Crippen LogP contribution in [0.4, 0.5) is 0 Å². The van der Waals surface area contributed by atoms with Gasteiger partial charge in [0.25, 0.3) is 5.91 Å². The Morgan fingerprint density at radius 3 is 2.68 bits per heavy atom. The molecule has 0 aromatic carbocycles. The van der Waals surface area contributed by atoms with Crippen molar-refractivity contribution in [2.24, 2.45) is 11.8 Å². The summed E-state index contributed by atoms with van der Waals surface area (Å²) >= 11 is 0. The molecule has 10 heteroatoms. The van der Waals surface area contributed by atoms with Crippen LogP contribution in [0, 0.1) is 11.8 Å². The number of allylic oxidation sites excluding steroid dienone is 2. The van der Waals surface area contributed by atoms with Crippen LogP contribution in [0.15, 0.2) is 58.4 Å². The van der Waals surface area contributed by atoms with Gasteiger partial charge >= 0.3 is 5.97 Å². The zero-order valence-electron chi connectivity index (χ0n) is 22.2. The van der Waals surface area contributed by atoms with Gasteiger partial charge < -0.3 is 24.5 Å². The Bertz CT molecular complexity index is 1170. The third-order valence-corrected chi connectivity index (χ3v) is 6.19. The average Bonchev–Trinajstić information content (AvgIpc) is 3.52. The van der Waals surface area contributed by atoms with E-state index in [1.54, 1.807) is 37.3 Å². The van der Waals surface area contributed by atoms with E-state index in [2.05, 4.69) is 10.3 Å². The molecule has 2 bridgehead atoms. The lowest BCUT2D eigenvalue weighted by Gasteiger charge is -2.27. The molecule has 38 heavy (non-hydrogen) atoms. The summed E-state index contributed by atoms with van der Waals surface area (Å²) in [6.45, 7) is 8.00. The zero-order chi connectivity index (χ0) is 27.8. The molecule has 0 fully saturated rings. The smallest absolute Gasteiger partial charge is 0.355 e. The molecule has 10 nitrogen and oxygen atoms in total. The first-order valence-corrected chi connectivity index (χ1v) is 12.7. The molecule has 2 aliphatic heterocycles. The normalized spacial score (nSPS) is 27.6. The molecule has 1 aromatic heterocycles. The zero-order valence-corrected chi connectivity index (χ0v) is 22.2. The quantitative estimate of drug-likeness (QED) is 0.534. The SMILES string of the molecule is CC1=C/[C@@H](O)CC(=O)Cc2nc(co2)C(=O)N2CCC=C2C(=O)O[C@H](C(C)C)[C@@H](C)/C=C/C(=O)NC\C=C\1. The third-order valence-electron chi connectivity index (χ3n) is 6.19. The fourth-order valence-electron chi connectivity index (χ4n) is 4.33. The number of rotatable bonds is 1. The Kier molecular flexibility index (Phi) is 9.95. The van der Waals surface area contributed by atoms with Crippen molar-refractivity contribution in [3.63, 3.8) is 0 Å². The summed E-state index contributed by atoms with van der Waals surface area (Å²) in [5, 5.41) is 13.0. The lowest BCUT2D eigenvalue weighted by atomic mass is 9.94. The molecule has 2 amide bonds. The van der Waals surface area contributed by atoms with Crippen LogP contribution in [-0.2, 0) is 25.5 Å². The van der Waals surface area contributed by atoms with Crippen LogP contribution in [0.1, 0.15) is 56.9 Å². The van der Waals surface area contributed by atoms with Crippen LogP contribution in [0.25, 0.3) is 0 Å². The number of ether oxygens (including phenoxy) is 1.